The lowest BCUT2D eigenvalue weighted by atomic mass is 9.99. The Morgan fingerprint density at radius 1 is 1.39 bits per heavy atom. The minimum Gasteiger partial charge on any atom is -0.350 e. The van der Waals surface area contributed by atoms with Crippen LogP contribution in [0.3, 0.4) is 0 Å². The predicted molar refractivity (Wildman–Crippen MR) is 87.9 cm³/mol. The summed E-state index contributed by atoms with van der Waals surface area (Å²) in [7, 11) is 0. The van der Waals surface area contributed by atoms with Crippen LogP contribution in [-0.4, -0.2) is 26.7 Å². The Bertz CT molecular complexity index is 638. The number of nitrogens with two attached hydrogens (primary N) is 1. The lowest BCUT2D eigenvalue weighted by molar-refractivity contribution is -0.122. The van der Waals surface area contributed by atoms with Gasteiger partial charge in [0.15, 0.2) is 0 Å². The van der Waals surface area contributed by atoms with E-state index in [2.05, 4.69) is 15.4 Å². The largest absolute Gasteiger partial charge is 0.350 e. The first kappa shape index (κ1) is 15.7. The normalized spacial score (nSPS) is 22.0. The minimum atomic E-state index is -0.0232. The van der Waals surface area contributed by atoms with Crippen molar-refractivity contribution in [1.82, 2.24) is 20.1 Å². The molecule has 3 atom stereocenters. The van der Waals surface area contributed by atoms with Gasteiger partial charge in [0.05, 0.1) is 11.7 Å². The maximum atomic E-state index is 12.2. The van der Waals surface area contributed by atoms with Crippen molar-refractivity contribution in [3.8, 4) is 5.69 Å². The summed E-state index contributed by atoms with van der Waals surface area (Å²) in [5.41, 5.74) is 8.05. The van der Waals surface area contributed by atoms with Crippen LogP contribution in [0.1, 0.15) is 44.2 Å². The van der Waals surface area contributed by atoms with Crippen molar-refractivity contribution in [1.29, 1.82) is 0 Å². The van der Waals surface area contributed by atoms with E-state index in [-0.39, 0.29) is 18.0 Å². The van der Waals surface area contributed by atoms with Crippen molar-refractivity contribution < 1.29 is 4.79 Å². The fourth-order valence-electron chi connectivity index (χ4n) is 3.20. The number of rotatable bonds is 5. The highest BCUT2D eigenvalue weighted by Crippen LogP contribution is 2.27. The number of benzene rings is 1. The number of nitrogens with zero attached hydrogens (tertiary/aromatic N) is 3. The summed E-state index contributed by atoms with van der Waals surface area (Å²) < 4.78 is 1.70. The lowest BCUT2D eigenvalue weighted by Crippen LogP contribution is -2.32. The molecule has 2 aromatic rings. The van der Waals surface area contributed by atoms with Crippen molar-refractivity contribution in [2.75, 3.05) is 0 Å². The molecule has 1 aliphatic rings. The molecule has 6 heteroatoms. The molecule has 0 saturated heterocycles. The maximum absolute atomic E-state index is 12.2. The monoisotopic (exact) mass is 313 g/mol. The molecule has 122 valence electrons. The Morgan fingerprint density at radius 3 is 2.78 bits per heavy atom. The van der Waals surface area contributed by atoms with E-state index in [1.54, 1.807) is 11.0 Å². The first-order valence-electron chi connectivity index (χ1n) is 8.13. The van der Waals surface area contributed by atoms with E-state index in [1.165, 1.54) is 6.33 Å². The maximum Gasteiger partial charge on any atom is 0.220 e. The SMILES string of the molecule is CC(NC(=O)C[C@@H]1CCC[C@H]1N)c1ccc(-n2cncn2)cc1. The van der Waals surface area contributed by atoms with Gasteiger partial charge in [-0.3, -0.25) is 4.79 Å². The zero-order valence-electron chi connectivity index (χ0n) is 13.4. The molecule has 23 heavy (non-hydrogen) atoms. The Hall–Kier alpha value is -2.21. The number of aromatic nitrogens is 3. The Kier molecular flexibility index (Phi) is 4.71. The molecule has 1 unspecified atom stereocenters. The number of amides is 1. The van der Waals surface area contributed by atoms with Crippen LogP contribution in [0.4, 0.5) is 0 Å². The van der Waals surface area contributed by atoms with Gasteiger partial charge in [-0.2, -0.15) is 5.10 Å². The minimum absolute atomic E-state index is 0.0232. The number of carbonyl (C=O) groups is 1. The molecule has 1 aliphatic carbocycles. The molecule has 1 saturated carbocycles. The fraction of sp³-hybridized carbons (Fsp3) is 0.471. The second-order valence-corrected chi connectivity index (χ2v) is 6.28. The van der Waals surface area contributed by atoms with E-state index >= 15 is 0 Å². The van der Waals surface area contributed by atoms with Crippen molar-refractivity contribution >= 4 is 5.91 Å². The summed E-state index contributed by atoms with van der Waals surface area (Å²) >= 11 is 0. The van der Waals surface area contributed by atoms with Gasteiger partial charge in [0.2, 0.25) is 5.91 Å². The molecule has 3 N–H and O–H groups in total. The van der Waals surface area contributed by atoms with Gasteiger partial charge >= 0.3 is 0 Å². The molecule has 6 nitrogen and oxygen atoms in total. The van der Waals surface area contributed by atoms with Gasteiger partial charge in [0.25, 0.3) is 0 Å². The Morgan fingerprint density at radius 2 is 2.17 bits per heavy atom. The average molecular weight is 313 g/mol. The molecule has 0 radical (unpaired) electrons. The smallest absolute Gasteiger partial charge is 0.220 e. The van der Waals surface area contributed by atoms with Crippen molar-refractivity contribution in [3.63, 3.8) is 0 Å². The van der Waals surface area contributed by atoms with E-state index in [0.29, 0.717) is 12.3 Å². The average Bonchev–Trinajstić information content (AvgIpc) is 3.20. The van der Waals surface area contributed by atoms with Crippen molar-refractivity contribution in [2.24, 2.45) is 11.7 Å². The van der Waals surface area contributed by atoms with E-state index in [4.69, 9.17) is 5.73 Å². The van der Waals surface area contributed by atoms with E-state index < -0.39 is 0 Å². The molecule has 1 fully saturated rings. The summed E-state index contributed by atoms with van der Waals surface area (Å²) in [5.74, 6) is 0.414. The van der Waals surface area contributed by atoms with Gasteiger partial charge in [-0.25, -0.2) is 9.67 Å². The second kappa shape index (κ2) is 6.91. The van der Waals surface area contributed by atoms with Crippen LogP contribution < -0.4 is 11.1 Å². The molecule has 0 spiro atoms. The van der Waals surface area contributed by atoms with Crippen molar-refractivity contribution in [2.45, 2.75) is 44.7 Å². The van der Waals surface area contributed by atoms with Gasteiger partial charge < -0.3 is 11.1 Å². The van der Waals surface area contributed by atoms with Crippen LogP contribution in [0.2, 0.25) is 0 Å². The van der Waals surface area contributed by atoms with E-state index in [0.717, 1.165) is 30.5 Å². The molecule has 1 aromatic carbocycles. The summed E-state index contributed by atoms with van der Waals surface area (Å²) in [6.07, 6.45) is 6.93. The van der Waals surface area contributed by atoms with Crippen LogP contribution in [0.25, 0.3) is 5.69 Å². The topological polar surface area (TPSA) is 85.8 Å². The van der Waals surface area contributed by atoms with Crippen molar-refractivity contribution in [3.05, 3.63) is 42.5 Å². The molecule has 3 rings (SSSR count). The van der Waals surface area contributed by atoms with Gasteiger partial charge in [0, 0.05) is 12.5 Å². The quantitative estimate of drug-likeness (QED) is 0.883. The predicted octanol–water partition coefficient (Wildman–Crippen LogP) is 1.96. The molecule has 1 aromatic heterocycles. The zero-order valence-corrected chi connectivity index (χ0v) is 13.4. The number of hydrogen-bond donors (Lipinski definition) is 2. The van der Waals surface area contributed by atoms with Gasteiger partial charge in [-0.1, -0.05) is 18.6 Å². The third kappa shape index (κ3) is 3.76. The zero-order chi connectivity index (χ0) is 16.2. The third-order valence-corrected chi connectivity index (χ3v) is 4.62. The number of carbonyl (C=O) groups excluding carboxylic acids is 1. The van der Waals surface area contributed by atoms with Crippen LogP contribution in [0.5, 0.6) is 0 Å². The summed E-state index contributed by atoms with van der Waals surface area (Å²) in [5, 5.41) is 7.17. The second-order valence-electron chi connectivity index (χ2n) is 6.28. The highest BCUT2D eigenvalue weighted by atomic mass is 16.1. The summed E-state index contributed by atoms with van der Waals surface area (Å²) in [6, 6.07) is 8.11. The first-order chi connectivity index (χ1) is 11.1. The third-order valence-electron chi connectivity index (χ3n) is 4.62. The van der Waals surface area contributed by atoms with Crippen LogP contribution >= 0.6 is 0 Å². The van der Waals surface area contributed by atoms with Gasteiger partial charge in [0.1, 0.15) is 12.7 Å². The Labute approximate surface area is 136 Å². The van der Waals surface area contributed by atoms with Crippen LogP contribution in [0, 0.1) is 5.92 Å². The van der Waals surface area contributed by atoms with E-state index in [1.807, 2.05) is 31.2 Å². The first-order valence-corrected chi connectivity index (χ1v) is 8.13. The van der Waals surface area contributed by atoms with Crippen LogP contribution in [-0.2, 0) is 4.79 Å². The van der Waals surface area contributed by atoms with Gasteiger partial charge in [-0.15, -0.1) is 0 Å². The number of nitrogens with one attached hydrogen (secondary N) is 1. The van der Waals surface area contributed by atoms with Crippen LogP contribution in [0.15, 0.2) is 36.9 Å². The molecule has 1 heterocycles. The molecular weight excluding hydrogens is 290 g/mol. The molecular formula is C17H23N5O. The standard InChI is InChI=1S/C17H23N5O/c1-12(21-17(23)9-14-3-2-4-16(14)18)13-5-7-15(8-6-13)22-11-19-10-20-22/h5-8,10-12,14,16H,2-4,9,18H2,1H3,(H,21,23)/t12?,14-,16+/m0/s1. The number of hydrogen-bond acceptors (Lipinski definition) is 4. The molecule has 0 bridgehead atoms. The molecule has 1 amide bonds. The summed E-state index contributed by atoms with van der Waals surface area (Å²) in [4.78, 5) is 16.1. The fourth-order valence-corrected chi connectivity index (χ4v) is 3.20. The van der Waals surface area contributed by atoms with E-state index in [9.17, 15) is 4.79 Å². The van der Waals surface area contributed by atoms with Gasteiger partial charge in [-0.05, 0) is 43.4 Å². The highest BCUT2D eigenvalue weighted by Gasteiger charge is 2.26. The summed E-state index contributed by atoms with van der Waals surface area (Å²) in [6.45, 7) is 2.00. The molecule has 0 aliphatic heterocycles. The highest BCUT2D eigenvalue weighted by molar-refractivity contribution is 5.76. The Balaban J connectivity index is 1.57. The lowest BCUT2D eigenvalue weighted by Gasteiger charge is -2.18.